The van der Waals surface area contributed by atoms with Crippen molar-refractivity contribution in [3.05, 3.63) is 53.9 Å². The van der Waals surface area contributed by atoms with E-state index in [9.17, 15) is 9.59 Å². The number of hydrogen-bond acceptors (Lipinski definition) is 4. The Morgan fingerprint density at radius 2 is 1.96 bits per heavy atom. The van der Waals surface area contributed by atoms with E-state index < -0.39 is 0 Å². The summed E-state index contributed by atoms with van der Waals surface area (Å²) >= 11 is 0. The molecule has 3 rings (SSSR count). The number of amides is 1. The summed E-state index contributed by atoms with van der Waals surface area (Å²) in [6.07, 6.45) is 5.51. The quantitative estimate of drug-likeness (QED) is 0.860. The second-order valence-electron chi connectivity index (χ2n) is 6.72. The van der Waals surface area contributed by atoms with Crippen molar-refractivity contribution in [2.45, 2.75) is 26.7 Å². The zero-order chi connectivity index (χ0) is 17.8. The third kappa shape index (κ3) is 4.24. The Morgan fingerprint density at radius 3 is 2.72 bits per heavy atom. The number of rotatable bonds is 4. The normalized spacial score (nSPS) is 17.2. The predicted octanol–water partition coefficient (Wildman–Crippen LogP) is 3.90. The van der Waals surface area contributed by atoms with Crippen LogP contribution in [-0.2, 0) is 0 Å². The molecule has 25 heavy (non-hydrogen) atoms. The molecule has 1 aliphatic rings. The third-order valence-electron chi connectivity index (χ3n) is 4.49. The highest BCUT2D eigenvalue weighted by Crippen LogP contribution is 2.21. The monoisotopic (exact) mass is 337 g/mol. The number of carbonyl (C=O) groups is 2. The molecule has 1 atom stereocenters. The lowest BCUT2D eigenvalue weighted by Gasteiger charge is -2.31. The number of likely N-dealkylation sites (tertiary alicyclic amines) is 1. The van der Waals surface area contributed by atoms with Gasteiger partial charge in [-0.25, -0.2) is 0 Å². The lowest BCUT2D eigenvalue weighted by atomic mass is 10.00. The fourth-order valence-corrected chi connectivity index (χ4v) is 3.16. The number of Topliss-reactive ketones (excluding diaryl/α,β-unsaturated/α-hetero) is 1. The van der Waals surface area contributed by atoms with Crippen molar-refractivity contribution in [3.8, 4) is 0 Å². The molecule has 0 saturated carbocycles. The Labute approximate surface area is 148 Å². The highest BCUT2D eigenvalue weighted by molar-refractivity contribution is 5.96. The van der Waals surface area contributed by atoms with Gasteiger partial charge in [-0.3, -0.25) is 14.6 Å². The summed E-state index contributed by atoms with van der Waals surface area (Å²) < 4.78 is 0. The summed E-state index contributed by atoms with van der Waals surface area (Å²) in [5, 5.41) is 3.22. The topological polar surface area (TPSA) is 62.3 Å². The van der Waals surface area contributed by atoms with Crippen molar-refractivity contribution in [3.63, 3.8) is 0 Å². The molecule has 1 N–H and O–H groups in total. The van der Waals surface area contributed by atoms with Gasteiger partial charge in [0.2, 0.25) is 0 Å². The number of hydrogen-bond donors (Lipinski definition) is 1. The maximum absolute atomic E-state index is 12.7. The van der Waals surface area contributed by atoms with E-state index in [1.165, 1.54) is 6.42 Å². The molecular formula is C20H23N3O2. The average Bonchev–Trinajstić information content (AvgIpc) is 2.61. The SMILES string of the molecule is CC(=O)c1cccc(Nc2cncc(C(=O)N3CCCC(C)C3)c2)c1. The van der Waals surface area contributed by atoms with Gasteiger partial charge in [0.15, 0.2) is 5.78 Å². The van der Waals surface area contributed by atoms with E-state index in [0.29, 0.717) is 17.0 Å². The van der Waals surface area contributed by atoms with Crippen LogP contribution in [0.15, 0.2) is 42.7 Å². The molecule has 1 aromatic carbocycles. The Bertz CT molecular complexity index is 788. The molecular weight excluding hydrogens is 314 g/mol. The lowest BCUT2D eigenvalue weighted by molar-refractivity contribution is 0.0682. The van der Waals surface area contributed by atoms with Crippen LogP contribution in [0.1, 0.15) is 47.4 Å². The molecule has 1 fully saturated rings. The number of aromatic nitrogens is 1. The maximum Gasteiger partial charge on any atom is 0.255 e. The van der Waals surface area contributed by atoms with Gasteiger partial charge in [-0.15, -0.1) is 0 Å². The largest absolute Gasteiger partial charge is 0.354 e. The van der Waals surface area contributed by atoms with Gasteiger partial charge < -0.3 is 10.2 Å². The van der Waals surface area contributed by atoms with E-state index in [4.69, 9.17) is 0 Å². The van der Waals surface area contributed by atoms with Crippen molar-refractivity contribution >= 4 is 23.1 Å². The molecule has 2 heterocycles. The molecule has 0 spiro atoms. The molecule has 5 heteroatoms. The summed E-state index contributed by atoms with van der Waals surface area (Å²) in [5.41, 5.74) is 2.76. The molecule has 1 aliphatic heterocycles. The van der Waals surface area contributed by atoms with Crippen molar-refractivity contribution in [2.75, 3.05) is 18.4 Å². The van der Waals surface area contributed by atoms with E-state index in [1.807, 2.05) is 23.1 Å². The van der Waals surface area contributed by atoms with Gasteiger partial charge in [0, 0.05) is 30.5 Å². The van der Waals surface area contributed by atoms with Crippen LogP contribution in [0.2, 0.25) is 0 Å². The number of nitrogens with zero attached hydrogens (tertiary/aromatic N) is 2. The van der Waals surface area contributed by atoms with Crippen LogP contribution in [0.25, 0.3) is 0 Å². The number of ketones is 1. The Morgan fingerprint density at radius 1 is 1.16 bits per heavy atom. The maximum atomic E-state index is 12.7. The van der Waals surface area contributed by atoms with Gasteiger partial charge >= 0.3 is 0 Å². The molecule has 1 unspecified atom stereocenters. The minimum absolute atomic E-state index is 0.0184. The van der Waals surface area contributed by atoms with Crippen LogP contribution >= 0.6 is 0 Å². The van der Waals surface area contributed by atoms with Crippen LogP contribution in [0.4, 0.5) is 11.4 Å². The van der Waals surface area contributed by atoms with Gasteiger partial charge in [0.25, 0.3) is 5.91 Å². The minimum Gasteiger partial charge on any atom is -0.354 e. The lowest BCUT2D eigenvalue weighted by Crippen LogP contribution is -2.39. The first kappa shape index (κ1) is 17.1. The molecule has 130 valence electrons. The molecule has 0 aliphatic carbocycles. The smallest absolute Gasteiger partial charge is 0.255 e. The Kier molecular flexibility index (Phi) is 5.12. The molecule has 5 nitrogen and oxygen atoms in total. The summed E-state index contributed by atoms with van der Waals surface area (Å²) in [6, 6.07) is 9.10. The number of benzene rings is 1. The number of pyridine rings is 1. The summed E-state index contributed by atoms with van der Waals surface area (Å²) in [7, 11) is 0. The first-order valence-corrected chi connectivity index (χ1v) is 8.65. The summed E-state index contributed by atoms with van der Waals surface area (Å²) in [4.78, 5) is 30.3. The Hall–Kier alpha value is -2.69. The van der Waals surface area contributed by atoms with Crippen molar-refractivity contribution in [1.29, 1.82) is 0 Å². The number of anilines is 2. The molecule has 0 bridgehead atoms. The highest BCUT2D eigenvalue weighted by Gasteiger charge is 2.22. The van der Waals surface area contributed by atoms with Gasteiger partial charge in [0.05, 0.1) is 17.4 Å². The van der Waals surface area contributed by atoms with Crippen molar-refractivity contribution in [2.24, 2.45) is 5.92 Å². The Balaban J connectivity index is 1.76. The van der Waals surface area contributed by atoms with Crippen LogP contribution in [0.5, 0.6) is 0 Å². The molecule has 1 amide bonds. The van der Waals surface area contributed by atoms with Crippen LogP contribution in [0.3, 0.4) is 0 Å². The zero-order valence-electron chi connectivity index (χ0n) is 14.7. The standard InChI is InChI=1S/C20H23N3O2/c1-14-5-4-8-23(13-14)20(25)17-10-19(12-21-11-17)22-18-7-3-6-16(9-18)15(2)24/h3,6-7,9-12,14,22H,4-5,8,13H2,1-2H3. The average molecular weight is 337 g/mol. The van der Waals surface area contributed by atoms with Crippen LogP contribution in [-0.4, -0.2) is 34.7 Å². The van der Waals surface area contributed by atoms with Gasteiger partial charge in [-0.1, -0.05) is 19.1 Å². The van der Waals surface area contributed by atoms with E-state index in [0.717, 1.165) is 30.9 Å². The second-order valence-corrected chi connectivity index (χ2v) is 6.72. The van der Waals surface area contributed by atoms with E-state index in [1.54, 1.807) is 31.5 Å². The van der Waals surface area contributed by atoms with Crippen LogP contribution < -0.4 is 5.32 Å². The third-order valence-corrected chi connectivity index (χ3v) is 4.49. The van der Waals surface area contributed by atoms with Crippen molar-refractivity contribution < 1.29 is 9.59 Å². The van der Waals surface area contributed by atoms with E-state index in [2.05, 4.69) is 17.2 Å². The summed E-state index contributed by atoms with van der Waals surface area (Å²) in [6.45, 7) is 5.33. The van der Waals surface area contributed by atoms with Crippen LogP contribution in [0, 0.1) is 5.92 Å². The summed E-state index contributed by atoms with van der Waals surface area (Å²) in [5.74, 6) is 0.589. The fraction of sp³-hybridized carbons (Fsp3) is 0.350. The van der Waals surface area contributed by atoms with Gasteiger partial charge in [0.1, 0.15) is 0 Å². The fourth-order valence-electron chi connectivity index (χ4n) is 3.16. The van der Waals surface area contributed by atoms with Gasteiger partial charge in [-0.2, -0.15) is 0 Å². The highest BCUT2D eigenvalue weighted by atomic mass is 16.2. The molecule has 0 radical (unpaired) electrons. The molecule has 2 aromatic rings. The first-order valence-electron chi connectivity index (χ1n) is 8.65. The number of nitrogens with one attached hydrogen (secondary N) is 1. The van der Waals surface area contributed by atoms with Crippen molar-refractivity contribution in [1.82, 2.24) is 9.88 Å². The van der Waals surface area contributed by atoms with E-state index in [-0.39, 0.29) is 11.7 Å². The number of carbonyl (C=O) groups excluding carboxylic acids is 2. The first-order chi connectivity index (χ1) is 12.0. The minimum atomic E-state index is 0.0184. The zero-order valence-corrected chi connectivity index (χ0v) is 14.7. The number of piperidine rings is 1. The predicted molar refractivity (Wildman–Crippen MR) is 98.3 cm³/mol. The van der Waals surface area contributed by atoms with Gasteiger partial charge in [-0.05, 0) is 43.9 Å². The van der Waals surface area contributed by atoms with E-state index >= 15 is 0 Å². The molecule has 1 saturated heterocycles. The second kappa shape index (κ2) is 7.47. The molecule has 1 aromatic heterocycles.